The number of esters is 1. The number of hydrogen-bond donors (Lipinski definition) is 2. The molecule has 0 saturated heterocycles. The minimum atomic E-state index is -0.743. The van der Waals surface area contributed by atoms with Gasteiger partial charge in [-0.05, 0) is 32.2 Å². The lowest BCUT2D eigenvalue weighted by atomic mass is 10.2. The second kappa shape index (κ2) is 5.97. The van der Waals surface area contributed by atoms with Gasteiger partial charge in [0, 0.05) is 4.88 Å². The van der Waals surface area contributed by atoms with Gasteiger partial charge in [0.25, 0.3) is 0 Å². The topological polar surface area (TPSA) is 81.4 Å². The number of ether oxygens (including phenoxy) is 1. The number of nitrogens with one attached hydrogen (secondary N) is 1. The maximum absolute atomic E-state index is 11.7. The van der Waals surface area contributed by atoms with Crippen LogP contribution in [0.3, 0.4) is 0 Å². The monoisotopic (exact) mass is 270 g/mol. The van der Waals surface area contributed by atoms with E-state index in [0.29, 0.717) is 0 Å². The van der Waals surface area contributed by atoms with Crippen molar-refractivity contribution in [2.75, 3.05) is 6.54 Å². The Labute approximate surface area is 110 Å². The molecule has 5 nitrogen and oxygen atoms in total. The Hall–Kier alpha value is -1.40. The fourth-order valence-corrected chi connectivity index (χ4v) is 1.97. The van der Waals surface area contributed by atoms with Gasteiger partial charge >= 0.3 is 5.97 Å². The molecule has 1 atom stereocenters. The SMILES string of the molecule is CC(C)(C)OC(=O)CNC(=O)C(N)c1cccs1. The fraction of sp³-hybridized carbons (Fsp3) is 0.500. The first-order valence-electron chi connectivity index (χ1n) is 5.58. The first kappa shape index (κ1) is 14.7. The summed E-state index contributed by atoms with van der Waals surface area (Å²) in [5.74, 6) is -0.863. The van der Waals surface area contributed by atoms with Gasteiger partial charge in [-0.15, -0.1) is 11.3 Å². The van der Waals surface area contributed by atoms with Crippen molar-refractivity contribution in [1.29, 1.82) is 0 Å². The molecular formula is C12H18N2O3S. The summed E-state index contributed by atoms with van der Waals surface area (Å²) in [6.45, 7) is 5.13. The Kier molecular flexibility index (Phi) is 4.86. The smallest absolute Gasteiger partial charge is 0.325 e. The van der Waals surface area contributed by atoms with E-state index in [1.54, 1.807) is 26.8 Å². The van der Waals surface area contributed by atoms with Crippen LogP contribution >= 0.6 is 11.3 Å². The highest BCUT2D eigenvalue weighted by molar-refractivity contribution is 7.10. The molecule has 0 aliphatic heterocycles. The number of thiophene rings is 1. The third-order valence-electron chi connectivity index (χ3n) is 1.96. The first-order chi connectivity index (χ1) is 8.29. The number of rotatable bonds is 4. The van der Waals surface area contributed by atoms with Crippen LogP contribution in [0.1, 0.15) is 31.7 Å². The Morgan fingerprint density at radius 2 is 2.17 bits per heavy atom. The molecule has 1 heterocycles. The van der Waals surface area contributed by atoms with E-state index in [4.69, 9.17) is 10.5 Å². The van der Waals surface area contributed by atoms with Crippen LogP contribution < -0.4 is 11.1 Å². The van der Waals surface area contributed by atoms with Crippen LogP contribution in [0.5, 0.6) is 0 Å². The Bertz CT molecular complexity index is 409. The maximum atomic E-state index is 11.7. The van der Waals surface area contributed by atoms with E-state index in [9.17, 15) is 9.59 Å². The van der Waals surface area contributed by atoms with Gasteiger partial charge in [-0.1, -0.05) is 6.07 Å². The summed E-state index contributed by atoms with van der Waals surface area (Å²) in [4.78, 5) is 23.8. The molecule has 1 unspecified atom stereocenters. The van der Waals surface area contributed by atoms with Crippen molar-refractivity contribution < 1.29 is 14.3 Å². The number of carbonyl (C=O) groups is 2. The molecule has 0 aliphatic rings. The van der Waals surface area contributed by atoms with Crippen LogP contribution in [0.25, 0.3) is 0 Å². The highest BCUT2D eigenvalue weighted by atomic mass is 32.1. The zero-order valence-corrected chi connectivity index (χ0v) is 11.5. The average Bonchev–Trinajstić information content (AvgIpc) is 2.75. The average molecular weight is 270 g/mol. The molecule has 0 bridgehead atoms. The molecule has 1 aromatic rings. The molecule has 0 fully saturated rings. The van der Waals surface area contributed by atoms with Crippen LogP contribution in [-0.4, -0.2) is 24.0 Å². The van der Waals surface area contributed by atoms with Crippen molar-refractivity contribution in [1.82, 2.24) is 5.32 Å². The summed E-state index contributed by atoms with van der Waals surface area (Å²) < 4.78 is 5.07. The zero-order chi connectivity index (χ0) is 13.8. The molecule has 100 valence electrons. The minimum absolute atomic E-state index is 0.171. The number of amides is 1. The van der Waals surface area contributed by atoms with Crippen molar-refractivity contribution >= 4 is 23.2 Å². The third-order valence-corrected chi connectivity index (χ3v) is 2.91. The maximum Gasteiger partial charge on any atom is 0.325 e. The second-order valence-corrected chi connectivity index (χ2v) is 5.78. The predicted octanol–water partition coefficient (Wildman–Crippen LogP) is 1.21. The standard InChI is InChI=1S/C12H18N2O3S/c1-12(2,3)17-9(15)7-14-11(16)10(13)8-5-4-6-18-8/h4-6,10H,7,13H2,1-3H3,(H,14,16). The van der Waals surface area contributed by atoms with Crippen LogP contribution in [0.4, 0.5) is 0 Å². The number of carbonyl (C=O) groups excluding carboxylic acids is 2. The Morgan fingerprint density at radius 1 is 1.50 bits per heavy atom. The van der Waals surface area contributed by atoms with E-state index in [-0.39, 0.29) is 12.5 Å². The van der Waals surface area contributed by atoms with Gasteiger partial charge in [-0.3, -0.25) is 9.59 Å². The number of nitrogens with two attached hydrogens (primary N) is 1. The van der Waals surface area contributed by atoms with Gasteiger partial charge in [-0.25, -0.2) is 0 Å². The van der Waals surface area contributed by atoms with Gasteiger partial charge in [0.2, 0.25) is 5.91 Å². The van der Waals surface area contributed by atoms with Crippen LogP contribution in [0.15, 0.2) is 17.5 Å². The summed E-state index contributed by atoms with van der Waals surface area (Å²) >= 11 is 1.40. The number of hydrogen-bond acceptors (Lipinski definition) is 5. The van der Waals surface area contributed by atoms with Crippen LogP contribution in [0.2, 0.25) is 0 Å². The largest absolute Gasteiger partial charge is 0.459 e. The van der Waals surface area contributed by atoms with Crippen molar-refractivity contribution in [3.63, 3.8) is 0 Å². The van der Waals surface area contributed by atoms with E-state index < -0.39 is 17.6 Å². The molecule has 6 heteroatoms. The molecule has 1 aromatic heterocycles. The summed E-state index contributed by atoms with van der Waals surface area (Å²) in [5, 5.41) is 4.30. The molecule has 1 rings (SSSR count). The second-order valence-electron chi connectivity index (χ2n) is 4.80. The molecule has 0 spiro atoms. The van der Waals surface area contributed by atoms with Gasteiger partial charge in [-0.2, -0.15) is 0 Å². The summed E-state index contributed by atoms with van der Waals surface area (Å²) in [7, 11) is 0. The van der Waals surface area contributed by atoms with Crippen LogP contribution in [0, 0.1) is 0 Å². The molecule has 1 amide bonds. The van der Waals surface area contributed by atoms with Crippen molar-refractivity contribution in [3.8, 4) is 0 Å². The lowest BCUT2D eigenvalue weighted by Crippen LogP contribution is -2.39. The van der Waals surface area contributed by atoms with Crippen molar-refractivity contribution in [2.24, 2.45) is 5.73 Å². The summed E-state index contributed by atoms with van der Waals surface area (Å²) in [6.07, 6.45) is 0. The van der Waals surface area contributed by atoms with Gasteiger partial charge in [0.05, 0.1) is 0 Å². The van der Waals surface area contributed by atoms with Crippen molar-refractivity contribution in [3.05, 3.63) is 22.4 Å². The molecule has 3 N–H and O–H groups in total. The third kappa shape index (κ3) is 4.85. The quantitative estimate of drug-likeness (QED) is 0.806. The van der Waals surface area contributed by atoms with E-state index >= 15 is 0 Å². The van der Waals surface area contributed by atoms with E-state index in [1.807, 2.05) is 11.4 Å². The zero-order valence-electron chi connectivity index (χ0n) is 10.7. The highest BCUT2D eigenvalue weighted by Gasteiger charge is 2.20. The first-order valence-corrected chi connectivity index (χ1v) is 6.46. The fourth-order valence-electron chi connectivity index (χ4n) is 1.24. The van der Waals surface area contributed by atoms with Gasteiger partial charge in [0.15, 0.2) is 0 Å². The van der Waals surface area contributed by atoms with Gasteiger partial charge in [0.1, 0.15) is 18.2 Å². The summed E-state index contributed by atoms with van der Waals surface area (Å²) in [5.41, 5.74) is 5.18. The van der Waals surface area contributed by atoms with E-state index in [2.05, 4.69) is 5.32 Å². The Balaban J connectivity index is 2.40. The molecular weight excluding hydrogens is 252 g/mol. The molecule has 0 saturated carbocycles. The highest BCUT2D eigenvalue weighted by Crippen LogP contribution is 2.16. The minimum Gasteiger partial charge on any atom is -0.459 e. The van der Waals surface area contributed by atoms with E-state index in [1.165, 1.54) is 11.3 Å². The summed E-state index contributed by atoms with van der Waals surface area (Å²) in [6, 6.07) is 2.86. The van der Waals surface area contributed by atoms with Crippen molar-refractivity contribution in [2.45, 2.75) is 32.4 Å². The molecule has 0 aliphatic carbocycles. The normalized spacial score (nSPS) is 12.9. The van der Waals surface area contributed by atoms with Crippen LogP contribution in [-0.2, 0) is 14.3 Å². The molecule has 0 aromatic carbocycles. The predicted molar refractivity (Wildman–Crippen MR) is 70.1 cm³/mol. The molecule has 0 radical (unpaired) electrons. The lowest BCUT2D eigenvalue weighted by molar-refractivity contribution is -0.154. The lowest BCUT2D eigenvalue weighted by Gasteiger charge is -2.19. The van der Waals surface area contributed by atoms with E-state index in [0.717, 1.165) is 4.88 Å². The Morgan fingerprint density at radius 3 is 2.67 bits per heavy atom. The van der Waals surface area contributed by atoms with Gasteiger partial charge < -0.3 is 15.8 Å². The molecule has 18 heavy (non-hydrogen) atoms.